The van der Waals surface area contributed by atoms with Gasteiger partial charge < -0.3 is 14.8 Å². The maximum absolute atomic E-state index is 11.9. The van der Waals surface area contributed by atoms with Crippen LogP contribution in [-0.2, 0) is 26.1 Å². The van der Waals surface area contributed by atoms with Crippen molar-refractivity contribution in [1.82, 2.24) is 9.78 Å². The Hall–Kier alpha value is -2.54. The summed E-state index contributed by atoms with van der Waals surface area (Å²) in [5.74, 6) is -2.77. The molecule has 0 bridgehead atoms. The molecule has 1 aromatic heterocycles. The Kier molecular flexibility index (Phi) is 3.52. The van der Waals surface area contributed by atoms with Crippen molar-refractivity contribution in [3.05, 3.63) is 35.1 Å². The molecule has 2 aromatic rings. The van der Waals surface area contributed by atoms with Crippen molar-refractivity contribution >= 4 is 40.1 Å². The van der Waals surface area contributed by atoms with Gasteiger partial charge in [-0.2, -0.15) is 5.10 Å². The summed E-state index contributed by atoms with van der Waals surface area (Å²) < 4.78 is 11.7. The van der Waals surface area contributed by atoms with Gasteiger partial charge in [0.1, 0.15) is 0 Å². The van der Waals surface area contributed by atoms with Crippen LogP contribution in [0.1, 0.15) is 13.8 Å². The van der Waals surface area contributed by atoms with E-state index in [0.717, 1.165) is 10.9 Å². The molecule has 1 aliphatic heterocycles. The van der Waals surface area contributed by atoms with Gasteiger partial charge in [0, 0.05) is 38.7 Å². The van der Waals surface area contributed by atoms with Gasteiger partial charge in [-0.3, -0.25) is 4.68 Å². The Labute approximate surface area is 136 Å². The van der Waals surface area contributed by atoms with Crippen LogP contribution in [0.2, 0.25) is 5.02 Å². The minimum Gasteiger partial charge on any atom is -0.419 e. The number of carbonyl (C=O) groups is 2. The first kappa shape index (κ1) is 15.4. The molecule has 2 heterocycles. The second-order valence-electron chi connectivity index (χ2n) is 5.57. The lowest BCUT2D eigenvalue weighted by Crippen LogP contribution is -2.42. The zero-order valence-electron chi connectivity index (χ0n) is 12.7. The molecule has 0 radical (unpaired) electrons. The van der Waals surface area contributed by atoms with Crippen molar-refractivity contribution < 1.29 is 19.1 Å². The fourth-order valence-corrected chi connectivity index (χ4v) is 2.42. The molecule has 1 aromatic carbocycles. The topological polar surface area (TPSA) is 82.5 Å². The summed E-state index contributed by atoms with van der Waals surface area (Å²) in [6, 6.07) is 3.46. The van der Waals surface area contributed by atoms with Gasteiger partial charge in [-0.15, -0.1) is 0 Å². The van der Waals surface area contributed by atoms with E-state index in [-0.39, 0.29) is 5.57 Å². The Balaban J connectivity index is 1.89. The van der Waals surface area contributed by atoms with E-state index in [2.05, 4.69) is 10.4 Å². The number of hydrogen-bond donors (Lipinski definition) is 1. The smallest absolute Gasteiger partial charge is 0.350 e. The molecule has 0 atom stereocenters. The minimum absolute atomic E-state index is 0.230. The molecule has 0 amide bonds. The summed E-state index contributed by atoms with van der Waals surface area (Å²) in [6.45, 7) is 2.97. The van der Waals surface area contributed by atoms with Crippen LogP contribution in [0.25, 0.3) is 10.9 Å². The summed E-state index contributed by atoms with van der Waals surface area (Å²) in [7, 11) is 1.80. The average Bonchev–Trinajstić information content (AvgIpc) is 2.75. The molecular weight excluding hydrogens is 322 g/mol. The second-order valence-corrected chi connectivity index (χ2v) is 5.98. The molecule has 1 saturated heterocycles. The van der Waals surface area contributed by atoms with Crippen LogP contribution >= 0.6 is 11.6 Å². The summed E-state index contributed by atoms with van der Waals surface area (Å²) in [5, 5.41) is 8.36. The predicted molar refractivity (Wildman–Crippen MR) is 83.7 cm³/mol. The molecule has 0 saturated carbocycles. The third-order valence-corrected chi connectivity index (χ3v) is 3.51. The molecule has 3 rings (SSSR count). The molecule has 1 N–H and O–H groups in total. The van der Waals surface area contributed by atoms with Gasteiger partial charge in [0.15, 0.2) is 5.57 Å². The zero-order chi connectivity index (χ0) is 16.8. The molecular formula is C15H14ClN3O4. The van der Waals surface area contributed by atoms with Crippen LogP contribution < -0.4 is 5.32 Å². The molecule has 0 aliphatic carbocycles. The number of halogens is 1. The number of ether oxygens (including phenoxy) is 2. The zero-order valence-corrected chi connectivity index (χ0v) is 13.5. The van der Waals surface area contributed by atoms with Crippen LogP contribution in [-0.4, -0.2) is 27.5 Å². The first-order valence-electron chi connectivity index (χ1n) is 6.81. The van der Waals surface area contributed by atoms with E-state index < -0.39 is 17.7 Å². The van der Waals surface area contributed by atoms with E-state index in [4.69, 9.17) is 21.1 Å². The fourth-order valence-electron chi connectivity index (χ4n) is 2.21. The van der Waals surface area contributed by atoms with Crippen molar-refractivity contribution in [3.8, 4) is 0 Å². The molecule has 0 spiro atoms. The van der Waals surface area contributed by atoms with Gasteiger partial charge in [0.25, 0.3) is 5.79 Å². The summed E-state index contributed by atoms with van der Waals surface area (Å²) >= 11 is 6.17. The number of anilines is 1. The van der Waals surface area contributed by atoms with Crippen LogP contribution in [0.15, 0.2) is 30.1 Å². The molecule has 120 valence electrons. The lowest BCUT2D eigenvalue weighted by molar-refractivity contribution is -0.222. The Morgan fingerprint density at radius 3 is 2.57 bits per heavy atom. The number of aryl methyl sites for hydroxylation is 1. The number of cyclic esters (lactones) is 2. The second kappa shape index (κ2) is 5.27. The molecule has 7 nitrogen and oxygen atoms in total. The molecule has 23 heavy (non-hydrogen) atoms. The Bertz CT molecular complexity index is 832. The molecule has 1 aliphatic rings. The van der Waals surface area contributed by atoms with Crippen molar-refractivity contribution in [1.29, 1.82) is 0 Å². The van der Waals surface area contributed by atoms with Crippen LogP contribution in [0.5, 0.6) is 0 Å². The fraction of sp³-hybridized carbons (Fsp3) is 0.267. The number of fused-ring (bicyclic) bond motifs is 1. The first-order chi connectivity index (χ1) is 10.7. The van der Waals surface area contributed by atoms with Gasteiger partial charge in [-0.1, -0.05) is 11.6 Å². The van der Waals surface area contributed by atoms with Gasteiger partial charge in [0.2, 0.25) is 0 Å². The van der Waals surface area contributed by atoms with E-state index in [1.807, 2.05) is 6.20 Å². The van der Waals surface area contributed by atoms with Crippen LogP contribution in [0.3, 0.4) is 0 Å². The summed E-state index contributed by atoms with van der Waals surface area (Å²) in [5.41, 5.74) is 1.05. The summed E-state index contributed by atoms with van der Waals surface area (Å²) in [4.78, 5) is 23.7. The number of rotatable bonds is 2. The van der Waals surface area contributed by atoms with E-state index in [1.165, 1.54) is 20.0 Å². The highest BCUT2D eigenvalue weighted by Crippen LogP contribution is 2.28. The number of aromatic nitrogens is 2. The van der Waals surface area contributed by atoms with Gasteiger partial charge in [0.05, 0.1) is 16.2 Å². The van der Waals surface area contributed by atoms with Crippen molar-refractivity contribution in [2.24, 2.45) is 7.05 Å². The molecule has 0 unspecified atom stereocenters. The summed E-state index contributed by atoms with van der Waals surface area (Å²) in [6.07, 6.45) is 3.05. The number of hydrogen-bond acceptors (Lipinski definition) is 6. The predicted octanol–water partition coefficient (Wildman–Crippen LogP) is 2.36. The maximum Gasteiger partial charge on any atom is 0.350 e. The van der Waals surface area contributed by atoms with Crippen molar-refractivity contribution in [2.45, 2.75) is 19.6 Å². The highest BCUT2D eigenvalue weighted by Gasteiger charge is 2.38. The van der Waals surface area contributed by atoms with Gasteiger partial charge >= 0.3 is 11.9 Å². The number of nitrogens with one attached hydrogen (secondary N) is 1. The normalized spacial score (nSPS) is 17.0. The number of nitrogens with zero attached hydrogens (tertiary/aromatic N) is 2. The number of carbonyl (C=O) groups excluding carboxylic acids is 2. The van der Waals surface area contributed by atoms with Crippen molar-refractivity contribution in [3.63, 3.8) is 0 Å². The maximum atomic E-state index is 11.9. The SMILES string of the molecule is Cn1cc2cc(NC=C3C(=O)OC(C)(C)OC3=O)c(Cl)cc2n1. The third kappa shape index (κ3) is 3.00. The lowest BCUT2D eigenvalue weighted by atomic mass is 10.2. The third-order valence-electron chi connectivity index (χ3n) is 3.20. The van der Waals surface area contributed by atoms with E-state index in [1.54, 1.807) is 23.9 Å². The average molecular weight is 336 g/mol. The highest BCUT2D eigenvalue weighted by atomic mass is 35.5. The number of esters is 2. The Morgan fingerprint density at radius 2 is 1.91 bits per heavy atom. The van der Waals surface area contributed by atoms with Crippen LogP contribution in [0, 0.1) is 0 Å². The monoisotopic (exact) mass is 335 g/mol. The Morgan fingerprint density at radius 1 is 1.26 bits per heavy atom. The lowest BCUT2D eigenvalue weighted by Gasteiger charge is -2.29. The highest BCUT2D eigenvalue weighted by molar-refractivity contribution is 6.34. The molecule has 1 fully saturated rings. The van der Waals surface area contributed by atoms with E-state index in [0.29, 0.717) is 10.7 Å². The largest absolute Gasteiger partial charge is 0.419 e. The minimum atomic E-state index is -1.27. The molecule has 8 heteroatoms. The van der Waals surface area contributed by atoms with Gasteiger partial charge in [-0.05, 0) is 12.1 Å². The van der Waals surface area contributed by atoms with Crippen molar-refractivity contribution in [2.75, 3.05) is 5.32 Å². The number of benzene rings is 1. The van der Waals surface area contributed by atoms with E-state index in [9.17, 15) is 9.59 Å². The quantitative estimate of drug-likeness (QED) is 0.515. The van der Waals surface area contributed by atoms with E-state index >= 15 is 0 Å². The van der Waals surface area contributed by atoms with Crippen LogP contribution in [0.4, 0.5) is 5.69 Å². The van der Waals surface area contributed by atoms with Gasteiger partial charge in [-0.25, -0.2) is 9.59 Å². The standard InChI is InChI=1S/C15H14ClN3O4/c1-15(2)22-13(20)9(14(21)23-15)6-17-12-4-8-7-19(3)18-11(8)5-10(12)16/h4-7,17H,1-3H3. The first-order valence-corrected chi connectivity index (χ1v) is 7.19.